The fraction of sp³-hybridized carbons (Fsp3) is 0.818. The average molecular weight is 169 g/mol. The zero-order chi connectivity index (χ0) is 9.56. The molecule has 72 valence electrons. The predicted octanol–water partition coefficient (Wildman–Crippen LogP) is 2.98. The number of hydrogen-bond donors (Lipinski definition) is 1. The third kappa shape index (κ3) is 3.91. The smallest absolute Gasteiger partial charge is 0.0129 e. The molecule has 1 atom stereocenters. The van der Waals surface area contributed by atoms with E-state index in [0.29, 0.717) is 6.04 Å². The second-order valence-electron chi connectivity index (χ2n) is 3.63. The summed E-state index contributed by atoms with van der Waals surface area (Å²) in [6.45, 7) is 10.6. The summed E-state index contributed by atoms with van der Waals surface area (Å²) in [7, 11) is 2.05. The van der Waals surface area contributed by atoms with Crippen LogP contribution in [0.5, 0.6) is 0 Å². The molecular weight excluding hydrogens is 146 g/mol. The highest BCUT2D eigenvalue weighted by molar-refractivity contribution is 4.94. The van der Waals surface area contributed by atoms with Crippen molar-refractivity contribution in [3.8, 4) is 0 Å². The lowest BCUT2D eigenvalue weighted by Gasteiger charge is -2.24. The molecule has 0 aromatic heterocycles. The van der Waals surface area contributed by atoms with E-state index in [9.17, 15) is 0 Å². The largest absolute Gasteiger partial charge is 0.316 e. The Bertz CT molecular complexity index is 125. The maximum absolute atomic E-state index is 3.95. The molecule has 0 fully saturated rings. The molecule has 0 amide bonds. The molecule has 0 radical (unpaired) electrons. The summed E-state index contributed by atoms with van der Waals surface area (Å²) in [5.74, 6) is 0.798. The minimum absolute atomic E-state index is 0.623. The van der Waals surface area contributed by atoms with Crippen molar-refractivity contribution in [2.24, 2.45) is 5.92 Å². The Morgan fingerprint density at radius 2 is 1.83 bits per heavy atom. The summed E-state index contributed by atoms with van der Waals surface area (Å²) < 4.78 is 0. The van der Waals surface area contributed by atoms with Crippen LogP contribution >= 0.6 is 0 Å². The molecule has 1 N–H and O–H groups in total. The molecule has 0 rings (SSSR count). The quantitative estimate of drug-likeness (QED) is 0.603. The van der Waals surface area contributed by atoms with E-state index in [-0.39, 0.29) is 0 Å². The highest BCUT2D eigenvalue weighted by atomic mass is 14.9. The van der Waals surface area contributed by atoms with Gasteiger partial charge in [0.15, 0.2) is 0 Å². The summed E-state index contributed by atoms with van der Waals surface area (Å²) >= 11 is 0. The van der Waals surface area contributed by atoms with Crippen molar-refractivity contribution in [1.29, 1.82) is 0 Å². The first kappa shape index (κ1) is 11.7. The summed E-state index contributed by atoms with van der Waals surface area (Å²) in [4.78, 5) is 0. The van der Waals surface area contributed by atoms with Gasteiger partial charge in [0.1, 0.15) is 0 Å². The summed E-state index contributed by atoms with van der Waals surface area (Å²) in [6.07, 6.45) is 3.63. The van der Waals surface area contributed by atoms with Crippen molar-refractivity contribution in [3.63, 3.8) is 0 Å². The van der Waals surface area contributed by atoms with E-state index in [1.165, 1.54) is 18.4 Å². The molecule has 0 saturated heterocycles. The molecule has 1 heteroatoms. The Morgan fingerprint density at radius 3 is 2.08 bits per heavy atom. The van der Waals surface area contributed by atoms with Crippen molar-refractivity contribution in [2.75, 3.05) is 7.05 Å². The van der Waals surface area contributed by atoms with Crippen molar-refractivity contribution in [2.45, 2.75) is 46.1 Å². The van der Waals surface area contributed by atoms with Gasteiger partial charge in [0, 0.05) is 6.04 Å². The molecule has 0 aliphatic carbocycles. The molecule has 1 unspecified atom stereocenters. The molecule has 0 aliphatic heterocycles. The second kappa shape index (κ2) is 6.24. The minimum atomic E-state index is 0.623. The van der Waals surface area contributed by atoms with Gasteiger partial charge < -0.3 is 5.32 Å². The zero-order valence-electron chi connectivity index (χ0n) is 8.98. The Morgan fingerprint density at radius 1 is 1.33 bits per heavy atom. The van der Waals surface area contributed by atoms with Crippen LogP contribution in [0.25, 0.3) is 0 Å². The van der Waals surface area contributed by atoms with Crippen LogP contribution in [0.1, 0.15) is 40.0 Å². The van der Waals surface area contributed by atoms with Crippen molar-refractivity contribution < 1.29 is 0 Å². The van der Waals surface area contributed by atoms with Crippen LogP contribution in [0, 0.1) is 5.92 Å². The fourth-order valence-electron chi connectivity index (χ4n) is 1.74. The van der Waals surface area contributed by atoms with E-state index < -0.39 is 0 Å². The molecule has 0 aliphatic rings. The van der Waals surface area contributed by atoms with Gasteiger partial charge in [-0.15, -0.1) is 6.58 Å². The monoisotopic (exact) mass is 169 g/mol. The van der Waals surface area contributed by atoms with Crippen LogP contribution in [0.3, 0.4) is 0 Å². The van der Waals surface area contributed by atoms with E-state index in [0.717, 1.165) is 12.3 Å². The molecule has 1 nitrogen and oxygen atoms in total. The normalized spacial score (nSPS) is 13.4. The summed E-state index contributed by atoms with van der Waals surface area (Å²) in [5.41, 5.74) is 1.28. The Kier molecular flexibility index (Phi) is 6.09. The van der Waals surface area contributed by atoms with Crippen LogP contribution in [0.2, 0.25) is 0 Å². The number of rotatable bonds is 6. The van der Waals surface area contributed by atoms with Gasteiger partial charge in [0.25, 0.3) is 0 Å². The van der Waals surface area contributed by atoms with Crippen molar-refractivity contribution in [3.05, 3.63) is 12.2 Å². The first-order chi connectivity index (χ1) is 5.65. The Labute approximate surface area is 77.2 Å². The first-order valence-corrected chi connectivity index (χ1v) is 4.97. The fourth-order valence-corrected chi connectivity index (χ4v) is 1.74. The van der Waals surface area contributed by atoms with Gasteiger partial charge in [-0.05, 0) is 26.3 Å². The lowest BCUT2D eigenvalue weighted by Crippen LogP contribution is -2.33. The SMILES string of the molecule is C=C(C)CC(NC)C(CC)CC. The molecule has 0 bridgehead atoms. The molecule has 0 aromatic carbocycles. The van der Waals surface area contributed by atoms with Gasteiger partial charge in [-0.1, -0.05) is 32.3 Å². The lowest BCUT2D eigenvalue weighted by molar-refractivity contribution is 0.349. The highest BCUT2D eigenvalue weighted by Crippen LogP contribution is 2.18. The minimum Gasteiger partial charge on any atom is -0.316 e. The molecular formula is C11H23N. The van der Waals surface area contributed by atoms with Crippen LogP contribution in [-0.4, -0.2) is 13.1 Å². The van der Waals surface area contributed by atoms with Gasteiger partial charge >= 0.3 is 0 Å². The van der Waals surface area contributed by atoms with E-state index >= 15 is 0 Å². The molecule has 0 saturated carbocycles. The first-order valence-electron chi connectivity index (χ1n) is 4.97. The van der Waals surface area contributed by atoms with Gasteiger partial charge in [-0.2, -0.15) is 0 Å². The maximum Gasteiger partial charge on any atom is 0.0129 e. The number of hydrogen-bond acceptors (Lipinski definition) is 1. The van der Waals surface area contributed by atoms with Gasteiger partial charge in [0.2, 0.25) is 0 Å². The van der Waals surface area contributed by atoms with Crippen LogP contribution in [0.15, 0.2) is 12.2 Å². The van der Waals surface area contributed by atoms with Crippen LogP contribution in [-0.2, 0) is 0 Å². The van der Waals surface area contributed by atoms with Crippen LogP contribution < -0.4 is 5.32 Å². The predicted molar refractivity (Wildman–Crippen MR) is 56.4 cm³/mol. The topological polar surface area (TPSA) is 12.0 Å². The lowest BCUT2D eigenvalue weighted by atomic mass is 9.90. The third-order valence-electron chi connectivity index (χ3n) is 2.56. The summed E-state index contributed by atoms with van der Waals surface area (Å²) in [5, 5.41) is 3.37. The van der Waals surface area contributed by atoms with E-state index in [4.69, 9.17) is 0 Å². The highest BCUT2D eigenvalue weighted by Gasteiger charge is 2.15. The average Bonchev–Trinajstić information content (AvgIpc) is 2.04. The molecule has 0 heterocycles. The third-order valence-corrected chi connectivity index (χ3v) is 2.56. The van der Waals surface area contributed by atoms with Crippen molar-refractivity contribution >= 4 is 0 Å². The number of nitrogens with one attached hydrogen (secondary N) is 1. The molecule has 0 aromatic rings. The molecule has 12 heavy (non-hydrogen) atoms. The van der Waals surface area contributed by atoms with Gasteiger partial charge in [-0.3, -0.25) is 0 Å². The second-order valence-corrected chi connectivity index (χ2v) is 3.63. The van der Waals surface area contributed by atoms with E-state index in [1.807, 2.05) is 7.05 Å². The maximum atomic E-state index is 3.95. The van der Waals surface area contributed by atoms with Crippen LogP contribution in [0.4, 0.5) is 0 Å². The Balaban J connectivity index is 4.01. The molecule has 0 spiro atoms. The zero-order valence-corrected chi connectivity index (χ0v) is 8.98. The Hall–Kier alpha value is -0.300. The van der Waals surface area contributed by atoms with Gasteiger partial charge in [0.05, 0.1) is 0 Å². The van der Waals surface area contributed by atoms with E-state index in [1.54, 1.807) is 0 Å². The van der Waals surface area contributed by atoms with E-state index in [2.05, 4.69) is 32.7 Å². The standard InChI is InChI=1S/C11H23N/c1-6-10(7-2)11(12-5)8-9(3)4/h10-12H,3,6-8H2,1-2,4-5H3. The van der Waals surface area contributed by atoms with Crippen molar-refractivity contribution in [1.82, 2.24) is 5.32 Å². The van der Waals surface area contributed by atoms with Gasteiger partial charge in [-0.25, -0.2) is 0 Å². The summed E-state index contributed by atoms with van der Waals surface area (Å²) in [6, 6.07) is 0.623.